The van der Waals surface area contributed by atoms with Crippen molar-refractivity contribution in [3.05, 3.63) is 123 Å². The van der Waals surface area contributed by atoms with Gasteiger partial charge in [-0.05, 0) is 84.7 Å². The summed E-state index contributed by atoms with van der Waals surface area (Å²) in [7, 11) is 5.79. The molecule has 1 saturated heterocycles. The number of nitrogens with one attached hydrogen (secondary N) is 1. The van der Waals surface area contributed by atoms with E-state index in [0.29, 0.717) is 36.0 Å². The minimum atomic E-state index is -0.987. The highest BCUT2D eigenvalue weighted by atomic mass is 35.5. The molecule has 2 aliphatic heterocycles. The molecule has 4 aromatic carbocycles. The van der Waals surface area contributed by atoms with Gasteiger partial charge in [-0.3, -0.25) is 9.36 Å². The van der Waals surface area contributed by atoms with E-state index in [1.54, 1.807) is 16.3 Å². The zero-order valence-corrected chi connectivity index (χ0v) is 35.2. The third kappa shape index (κ3) is 7.77. The molecular weight excluding hydrogens is 782 g/mol. The predicted molar refractivity (Wildman–Crippen MR) is 236 cm³/mol. The van der Waals surface area contributed by atoms with Crippen LogP contribution in [0.5, 0.6) is 11.5 Å². The Morgan fingerprint density at radius 1 is 0.898 bits per heavy atom. The number of aromatic nitrogens is 5. The molecular formula is C46H48ClN7O4S. The van der Waals surface area contributed by atoms with Crippen LogP contribution in [0.15, 0.2) is 78.9 Å². The van der Waals surface area contributed by atoms with Crippen LogP contribution in [0.4, 0.5) is 5.69 Å². The Morgan fingerprint density at radius 2 is 1.71 bits per heavy atom. The normalized spacial score (nSPS) is 15.2. The molecule has 7 aromatic rings. The number of benzene rings is 4. The molecule has 0 radical (unpaired) electrons. The summed E-state index contributed by atoms with van der Waals surface area (Å²) in [6, 6.07) is 27.0. The summed E-state index contributed by atoms with van der Waals surface area (Å²) in [6.07, 6.45) is 2.82. The van der Waals surface area contributed by atoms with Gasteiger partial charge >= 0.3 is 5.97 Å². The van der Waals surface area contributed by atoms with Gasteiger partial charge in [-0.2, -0.15) is 10.2 Å². The van der Waals surface area contributed by atoms with Crippen LogP contribution < -0.4 is 19.7 Å². The SMILES string of the molecule is Cn1nc2cc1CCc1cc(c3ccccc3c1)OCCCc1c(C(=O)O)n(C)c3c(c(Cl)ccc13)-c1c(COc3ccc(N4CCNCC4)cc3)nn(C)c1CSC2. The number of aromatic carboxylic acids is 1. The smallest absolute Gasteiger partial charge is 0.352 e. The summed E-state index contributed by atoms with van der Waals surface area (Å²) < 4.78 is 18.7. The molecule has 59 heavy (non-hydrogen) atoms. The molecule has 13 heteroatoms. The Balaban J connectivity index is 1.12. The van der Waals surface area contributed by atoms with Crippen molar-refractivity contribution in [1.82, 2.24) is 29.4 Å². The Morgan fingerprint density at radius 3 is 2.53 bits per heavy atom. The lowest BCUT2D eigenvalue weighted by Gasteiger charge is -2.29. The van der Waals surface area contributed by atoms with Crippen LogP contribution in [0, 0.1) is 0 Å². The number of halogens is 1. The van der Waals surface area contributed by atoms with Crippen LogP contribution in [0.1, 0.15) is 50.8 Å². The highest BCUT2D eigenvalue weighted by Crippen LogP contribution is 2.43. The van der Waals surface area contributed by atoms with Crippen LogP contribution >= 0.6 is 23.4 Å². The lowest BCUT2D eigenvalue weighted by Crippen LogP contribution is -2.43. The Bertz CT molecular complexity index is 2680. The molecule has 304 valence electrons. The second-order valence-corrected chi connectivity index (χ2v) is 16.8. The first-order chi connectivity index (χ1) is 28.7. The number of hydrogen-bond donors (Lipinski definition) is 2. The largest absolute Gasteiger partial charge is 0.493 e. The van der Waals surface area contributed by atoms with E-state index in [9.17, 15) is 9.90 Å². The Labute approximate surface area is 352 Å². The van der Waals surface area contributed by atoms with Crippen molar-refractivity contribution in [3.8, 4) is 22.6 Å². The molecule has 0 saturated carbocycles. The van der Waals surface area contributed by atoms with Gasteiger partial charge in [0.15, 0.2) is 0 Å². The molecule has 1 fully saturated rings. The fraction of sp³-hybridized carbons (Fsp3) is 0.326. The zero-order chi connectivity index (χ0) is 40.6. The third-order valence-electron chi connectivity index (χ3n) is 11.7. The molecule has 0 amide bonds. The molecule has 9 rings (SSSR count). The minimum absolute atomic E-state index is 0.201. The number of ether oxygens (including phenoxy) is 2. The first-order valence-electron chi connectivity index (χ1n) is 20.2. The van der Waals surface area contributed by atoms with E-state index in [1.807, 2.05) is 60.8 Å². The van der Waals surface area contributed by atoms with E-state index in [2.05, 4.69) is 58.7 Å². The van der Waals surface area contributed by atoms with Crippen molar-refractivity contribution < 1.29 is 19.4 Å². The number of thioether (sulfide) groups is 1. The minimum Gasteiger partial charge on any atom is -0.493 e. The second kappa shape index (κ2) is 16.7. The molecule has 2 aliphatic rings. The monoisotopic (exact) mass is 829 g/mol. The van der Waals surface area contributed by atoms with E-state index >= 15 is 0 Å². The van der Waals surface area contributed by atoms with Gasteiger partial charge < -0.3 is 29.4 Å². The molecule has 0 spiro atoms. The molecule has 0 atom stereocenters. The average molecular weight is 830 g/mol. The number of anilines is 1. The number of carboxylic acids is 1. The first-order valence-corrected chi connectivity index (χ1v) is 21.8. The fourth-order valence-corrected chi connectivity index (χ4v) is 10.0. The molecule has 0 unspecified atom stereocenters. The summed E-state index contributed by atoms with van der Waals surface area (Å²) in [4.78, 5) is 15.5. The number of carbonyl (C=O) groups is 1. The van der Waals surface area contributed by atoms with Crippen molar-refractivity contribution >= 4 is 56.7 Å². The van der Waals surface area contributed by atoms with Crippen molar-refractivity contribution in [1.29, 1.82) is 0 Å². The van der Waals surface area contributed by atoms with Gasteiger partial charge in [0.2, 0.25) is 0 Å². The summed E-state index contributed by atoms with van der Waals surface area (Å²) >= 11 is 9.00. The number of hydrogen-bond acceptors (Lipinski definition) is 8. The predicted octanol–water partition coefficient (Wildman–Crippen LogP) is 8.35. The summed E-state index contributed by atoms with van der Waals surface area (Å²) in [5.41, 5.74) is 9.62. The Kier molecular flexibility index (Phi) is 11.0. The van der Waals surface area contributed by atoms with Crippen molar-refractivity contribution in [2.75, 3.05) is 37.7 Å². The number of carboxylic acid groups (broad SMARTS) is 1. The van der Waals surface area contributed by atoms with E-state index in [-0.39, 0.29) is 12.3 Å². The van der Waals surface area contributed by atoms with Gasteiger partial charge in [-0.1, -0.05) is 48.0 Å². The molecule has 2 N–H and O–H groups in total. The topological polar surface area (TPSA) is 112 Å². The highest BCUT2D eigenvalue weighted by Gasteiger charge is 2.29. The van der Waals surface area contributed by atoms with Crippen molar-refractivity contribution in [3.63, 3.8) is 0 Å². The van der Waals surface area contributed by atoms with Crippen LogP contribution in [0.25, 0.3) is 32.8 Å². The van der Waals surface area contributed by atoms with Gasteiger partial charge in [-0.15, -0.1) is 11.8 Å². The number of rotatable bonds is 5. The van der Waals surface area contributed by atoms with E-state index in [4.69, 9.17) is 31.3 Å². The van der Waals surface area contributed by atoms with Gasteiger partial charge in [0.05, 0.1) is 28.5 Å². The second-order valence-electron chi connectivity index (χ2n) is 15.4. The van der Waals surface area contributed by atoms with Crippen LogP contribution in [0.3, 0.4) is 0 Å². The number of nitrogens with zero attached hydrogens (tertiary/aromatic N) is 6. The standard InChI is InChI=1S/C46H48ClN7O4S/c1-51-44-37-16-17-38(47)42(44)43-39(26-58-34-14-12-32(13-15-34)54-20-18-48-19-21-54)50-53(3)40(43)28-59-27-31-25-33(52(2)49-31)11-10-29-23-30-7-4-5-8-35(30)41(24-29)57-22-6-9-36(37)45(51)46(55)56/h4-5,7-8,12-17,23-25,48H,6,9-11,18-22,26-28H2,1-3H3,(H,55,56). The molecule has 8 bridgehead atoms. The summed E-state index contributed by atoms with van der Waals surface area (Å²) in [6.45, 7) is 4.50. The summed E-state index contributed by atoms with van der Waals surface area (Å²) in [5.74, 6) is 1.92. The third-order valence-corrected chi connectivity index (χ3v) is 13.0. The lowest BCUT2D eigenvalue weighted by atomic mass is 9.98. The van der Waals surface area contributed by atoms with Crippen LogP contribution in [-0.2, 0) is 58.5 Å². The van der Waals surface area contributed by atoms with E-state index in [1.165, 1.54) is 16.9 Å². The number of piperazine rings is 1. The maximum Gasteiger partial charge on any atom is 0.352 e. The van der Waals surface area contributed by atoms with Gasteiger partial charge in [-0.25, -0.2) is 4.79 Å². The maximum atomic E-state index is 13.1. The van der Waals surface area contributed by atoms with Crippen molar-refractivity contribution in [2.24, 2.45) is 21.1 Å². The quantitative estimate of drug-likeness (QED) is 0.177. The fourth-order valence-electron chi connectivity index (χ4n) is 8.80. The highest BCUT2D eigenvalue weighted by molar-refractivity contribution is 7.97. The summed E-state index contributed by atoms with van der Waals surface area (Å²) in [5, 5.41) is 27.6. The van der Waals surface area contributed by atoms with E-state index in [0.717, 1.165) is 106 Å². The molecule has 5 heterocycles. The van der Waals surface area contributed by atoms with Gasteiger partial charge in [0.25, 0.3) is 0 Å². The average Bonchev–Trinajstić information content (AvgIpc) is 3.86. The van der Waals surface area contributed by atoms with Gasteiger partial charge in [0.1, 0.15) is 29.5 Å². The van der Waals surface area contributed by atoms with E-state index < -0.39 is 5.97 Å². The lowest BCUT2D eigenvalue weighted by molar-refractivity contribution is 0.0685. The number of aryl methyl sites for hydroxylation is 6. The molecule has 11 nitrogen and oxygen atoms in total. The first kappa shape index (κ1) is 39.1. The van der Waals surface area contributed by atoms with Crippen molar-refractivity contribution in [2.45, 2.75) is 43.8 Å². The zero-order valence-electron chi connectivity index (χ0n) is 33.6. The van der Waals surface area contributed by atoms with Crippen LogP contribution in [0.2, 0.25) is 5.02 Å². The van der Waals surface area contributed by atoms with Crippen LogP contribution in [-0.4, -0.2) is 68.0 Å². The Hall–Kier alpha value is -5.43. The molecule has 3 aromatic heterocycles. The van der Waals surface area contributed by atoms with Gasteiger partial charge in [0, 0.05) is 92.1 Å². The maximum absolute atomic E-state index is 13.1. The molecule has 0 aliphatic carbocycles. The number of fused-ring (bicyclic) bond motifs is 8.